The molecule has 18 heavy (non-hydrogen) atoms. The molecule has 7 nitrogen and oxygen atoms in total. The van der Waals surface area contributed by atoms with Gasteiger partial charge >= 0.3 is 0 Å². The van der Waals surface area contributed by atoms with E-state index in [0.717, 1.165) is 24.6 Å². The van der Waals surface area contributed by atoms with Crippen molar-refractivity contribution >= 4 is 29.5 Å². The van der Waals surface area contributed by atoms with Crippen LogP contribution in [0.1, 0.15) is 13.8 Å². The van der Waals surface area contributed by atoms with Crippen molar-refractivity contribution in [2.24, 2.45) is 0 Å². The summed E-state index contributed by atoms with van der Waals surface area (Å²) < 4.78 is 4.08. The molecule has 1 N–H and O–H groups in total. The van der Waals surface area contributed by atoms with Crippen LogP contribution in [-0.2, 0) is 0 Å². The number of anilines is 1. The van der Waals surface area contributed by atoms with Crippen molar-refractivity contribution in [3.63, 3.8) is 0 Å². The predicted molar refractivity (Wildman–Crippen MR) is 70.5 cm³/mol. The van der Waals surface area contributed by atoms with Gasteiger partial charge in [-0.1, -0.05) is 0 Å². The van der Waals surface area contributed by atoms with Crippen LogP contribution >= 0.6 is 12.2 Å². The van der Waals surface area contributed by atoms with Crippen molar-refractivity contribution in [1.82, 2.24) is 29.2 Å². The van der Waals surface area contributed by atoms with Gasteiger partial charge in [0.1, 0.15) is 12.1 Å². The second kappa shape index (κ2) is 4.05. The van der Waals surface area contributed by atoms with Gasteiger partial charge in [0.05, 0.1) is 0 Å². The molecule has 0 aliphatic heterocycles. The van der Waals surface area contributed by atoms with Gasteiger partial charge in [-0.05, 0) is 26.1 Å². The summed E-state index contributed by atoms with van der Waals surface area (Å²) in [6.45, 7) is 6.00. The highest BCUT2D eigenvalue weighted by Gasteiger charge is 2.13. The molecule has 0 saturated heterocycles. The second-order valence-corrected chi connectivity index (χ2v) is 4.26. The van der Waals surface area contributed by atoms with E-state index in [1.807, 2.05) is 6.07 Å². The highest BCUT2D eigenvalue weighted by atomic mass is 32.1. The van der Waals surface area contributed by atoms with Gasteiger partial charge in [0.2, 0.25) is 10.5 Å². The lowest BCUT2D eigenvalue weighted by atomic mass is 10.4. The quantitative estimate of drug-likeness (QED) is 0.721. The number of H-pyrrole nitrogens is 1. The summed E-state index contributed by atoms with van der Waals surface area (Å²) in [4.78, 5) is 6.45. The summed E-state index contributed by atoms with van der Waals surface area (Å²) in [5, 5.41) is 11.2. The Balaban J connectivity index is 2.43. The Kier molecular flexibility index (Phi) is 2.51. The van der Waals surface area contributed by atoms with E-state index in [0.29, 0.717) is 10.5 Å². The summed E-state index contributed by atoms with van der Waals surface area (Å²) in [6.07, 6.45) is 1.52. The fourth-order valence-corrected chi connectivity index (χ4v) is 2.32. The number of hydrogen-bond acceptors (Lipinski definition) is 5. The molecule has 0 aliphatic rings. The molecule has 0 saturated carbocycles. The zero-order valence-corrected chi connectivity index (χ0v) is 11.0. The third-order valence-corrected chi connectivity index (χ3v) is 3.26. The summed E-state index contributed by atoms with van der Waals surface area (Å²) in [7, 11) is 0. The SMILES string of the molecule is CCN(CC)c1cc2n[nH]c(=S)n2c2ncnn12. The number of hydrogen-bond donors (Lipinski definition) is 1. The van der Waals surface area contributed by atoms with Gasteiger partial charge in [-0.2, -0.15) is 19.7 Å². The number of rotatable bonds is 3. The van der Waals surface area contributed by atoms with Crippen LogP contribution in [0.4, 0.5) is 5.82 Å². The monoisotopic (exact) mass is 263 g/mol. The lowest BCUT2D eigenvalue weighted by Gasteiger charge is -2.21. The average molecular weight is 263 g/mol. The zero-order chi connectivity index (χ0) is 12.7. The van der Waals surface area contributed by atoms with Crippen LogP contribution in [-0.4, -0.2) is 42.3 Å². The Bertz CT molecular complexity index is 748. The topological polar surface area (TPSA) is 66.5 Å². The van der Waals surface area contributed by atoms with Crippen molar-refractivity contribution in [1.29, 1.82) is 0 Å². The van der Waals surface area contributed by atoms with Gasteiger partial charge in [0.25, 0.3) is 0 Å². The Morgan fingerprint density at radius 1 is 1.39 bits per heavy atom. The number of aromatic amines is 1. The van der Waals surface area contributed by atoms with Crippen LogP contribution in [0.5, 0.6) is 0 Å². The Hall–Kier alpha value is -1.96. The van der Waals surface area contributed by atoms with E-state index in [1.54, 1.807) is 8.92 Å². The first-order valence-corrected chi connectivity index (χ1v) is 6.22. The summed E-state index contributed by atoms with van der Waals surface area (Å²) >= 11 is 5.20. The Morgan fingerprint density at radius 2 is 2.17 bits per heavy atom. The summed E-state index contributed by atoms with van der Waals surface area (Å²) in [5.41, 5.74) is 0.752. The Morgan fingerprint density at radius 3 is 2.89 bits per heavy atom. The molecule has 8 heteroatoms. The first-order chi connectivity index (χ1) is 8.76. The molecule has 0 unspecified atom stereocenters. The molecular weight excluding hydrogens is 250 g/mol. The lowest BCUT2D eigenvalue weighted by Crippen LogP contribution is -2.25. The molecule has 0 amide bonds. The molecule has 0 atom stereocenters. The highest BCUT2D eigenvalue weighted by Crippen LogP contribution is 2.18. The summed E-state index contributed by atoms with van der Waals surface area (Å²) in [5.74, 6) is 1.64. The van der Waals surface area contributed by atoms with Crippen molar-refractivity contribution in [3.8, 4) is 0 Å². The maximum atomic E-state index is 5.20. The highest BCUT2D eigenvalue weighted by molar-refractivity contribution is 7.71. The van der Waals surface area contributed by atoms with Crippen LogP contribution in [0.25, 0.3) is 11.4 Å². The largest absolute Gasteiger partial charge is 0.357 e. The van der Waals surface area contributed by atoms with Crippen LogP contribution in [0.3, 0.4) is 0 Å². The van der Waals surface area contributed by atoms with Crippen LogP contribution < -0.4 is 4.90 Å². The fourth-order valence-electron chi connectivity index (χ4n) is 2.10. The number of aromatic nitrogens is 6. The molecule has 0 bridgehead atoms. The van der Waals surface area contributed by atoms with Crippen molar-refractivity contribution in [2.75, 3.05) is 18.0 Å². The Labute approximate surface area is 108 Å². The molecule has 3 aromatic heterocycles. The van der Waals surface area contributed by atoms with Gasteiger partial charge in [-0.15, -0.1) is 0 Å². The molecule has 3 rings (SSSR count). The normalized spacial score (nSPS) is 11.4. The molecule has 3 aromatic rings. The molecule has 0 spiro atoms. The minimum atomic E-state index is 0.522. The van der Waals surface area contributed by atoms with E-state index in [4.69, 9.17) is 12.2 Å². The van der Waals surface area contributed by atoms with E-state index in [-0.39, 0.29) is 0 Å². The smallest absolute Gasteiger partial charge is 0.242 e. The van der Waals surface area contributed by atoms with Crippen molar-refractivity contribution in [3.05, 3.63) is 17.2 Å². The maximum Gasteiger partial charge on any atom is 0.242 e. The maximum absolute atomic E-state index is 5.20. The zero-order valence-electron chi connectivity index (χ0n) is 10.2. The molecular formula is C10H13N7S. The van der Waals surface area contributed by atoms with Gasteiger partial charge in [-0.25, -0.2) is 4.40 Å². The first-order valence-electron chi connectivity index (χ1n) is 5.81. The van der Waals surface area contributed by atoms with E-state index < -0.39 is 0 Å². The standard InChI is InChI=1S/C10H13N7S/c1-3-15(4-2)8-5-7-13-14-10(18)16(7)9-11-6-12-17(8)9/h5-6H,3-4H2,1-2H3,(H,14,18). The second-order valence-electron chi connectivity index (χ2n) is 3.87. The molecule has 0 radical (unpaired) electrons. The first kappa shape index (κ1) is 11.1. The van der Waals surface area contributed by atoms with E-state index in [9.17, 15) is 0 Å². The van der Waals surface area contributed by atoms with E-state index in [2.05, 4.69) is 39.0 Å². The molecule has 0 aliphatic carbocycles. The molecule has 94 valence electrons. The third kappa shape index (κ3) is 1.42. The van der Waals surface area contributed by atoms with Crippen LogP contribution in [0.15, 0.2) is 12.4 Å². The average Bonchev–Trinajstić information content (AvgIpc) is 2.97. The van der Waals surface area contributed by atoms with Crippen molar-refractivity contribution < 1.29 is 0 Å². The molecule has 3 heterocycles. The van der Waals surface area contributed by atoms with Gasteiger partial charge in [0, 0.05) is 19.2 Å². The van der Waals surface area contributed by atoms with Crippen LogP contribution in [0, 0.1) is 4.77 Å². The minimum absolute atomic E-state index is 0.522. The van der Waals surface area contributed by atoms with Gasteiger partial charge < -0.3 is 4.90 Å². The van der Waals surface area contributed by atoms with Crippen molar-refractivity contribution in [2.45, 2.75) is 13.8 Å². The third-order valence-electron chi connectivity index (χ3n) is 2.99. The minimum Gasteiger partial charge on any atom is -0.357 e. The van der Waals surface area contributed by atoms with Gasteiger partial charge in [-0.3, -0.25) is 5.10 Å². The lowest BCUT2D eigenvalue weighted by molar-refractivity contribution is 0.797. The summed E-state index contributed by atoms with van der Waals surface area (Å²) in [6, 6.07) is 1.96. The predicted octanol–water partition coefficient (Wildman–Crippen LogP) is 1.28. The van der Waals surface area contributed by atoms with Crippen LogP contribution in [0.2, 0.25) is 0 Å². The van der Waals surface area contributed by atoms with E-state index in [1.165, 1.54) is 6.33 Å². The number of fused-ring (bicyclic) bond motifs is 3. The van der Waals surface area contributed by atoms with E-state index >= 15 is 0 Å². The fraction of sp³-hybridized carbons (Fsp3) is 0.400. The number of nitrogens with one attached hydrogen (secondary N) is 1. The molecule has 0 aromatic carbocycles. The van der Waals surface area contributed by atoms with Gasteiger partial charge in [0.15, 0.2) is 5.65 Å². The molecule has 0 fully saturated rings. The number of nitrogens with zero attached hydrogens (tertiary/aromatic N) is 6.